The fourth-order valence-corrected chi connectivity index (χ4v) is 4.99. The van der Waals surface area contributed by atoms with Crippen molar-refractivity contribution in [1.29, 1.82) is 0 Å². The SMILES string of the molecule is CNCCC[C@@H](CC(=O)Nc1nc(C)c(C(=O)OC(CF)CF)s1)Nc1nccc2ccc(-c3noc(C)n3)cc12. The second-order valence-electron chi connectivity index (χ2n) is 9.34. The van der Waals surface area contributed by atoms with Crippen LogP contribution >= 0.6 is 11.3 Å². The Morgan fingerprint density at radius 2 is 1.95 bits per heavy atom. The van der Waals surface area contributed by atoms with Crippen LogP contribution in [0, 0.1) is 13.8 Å². The van der Waals surface area contributed by atoms with Crippen molar-refractivity contribution in [2.24, 2.45) is 0 Å². The van der Waals surface area contributed by atoms with E-state index in [-0.39, 0.29) is 28.4 Å². The van der Waals surface area contributed by atoms with Gasteiger partial charge >= 0.3 is 5.97 Å². The molecule has 1 atom stereocenters. The maximum absolute atomic E-state index is 13.0. The molecule has 0 saturated heterocycles. The highest BCUT2D eigenvalue weighted by Crippen LogP contribution is 2.28. The van der Waals surface area contributed by atoms with Gasteiger partial charge in [-0.3, -0.25) is 4.79 Å². The number of hydrogen-bond donors (Lipinski definition) is 3. The number of ether oxygens (including phenoxy) is 1. The molecule has 0 spiro atoms. The lowest BCUT2D eigenvalue weighted by molar-refractivity contribution is -0.116. The van der Waals surface area contributed by atoms with Crippen LogP contribution in [0.15, 0.2) is 35.0 Å². The molecule has 14 heteroatoms. The van der Waals surface area contributed by atoms with Crippen LogP contribution in [0.25, 0.3) is 22.2 Å². The number of carbonyl (C=O) groups is 2. The van der Waals surface area contributed by atoms with Crippen molar-refractivity contribution in [3.8, 4) is 11.4 Å². The van der Waals surface area contributed by atoms with Crippen molar-refractivity contribution in [2.75, 3.05) is 37.6 Å². The third-order valence-corrected chi connectivity index (χ3v) is 7.20. The summed E-state index contributed by atoms with van der Waals surface area (Å²) in [5.74, 6) is 0.329. The monoisotopic (exact) mass is 587 g/mol. The molecule has 1 amide bonds. The smallest absolute Gasteiger partial charge is 0.350 e. The number of rotatable bonds is 14. The first kappa shape index (κ1) is 29.9. The molecule has 0 bridgehead atoms. The lowest BCUT2D eigenvalue weighted by atomic mass is 10.0. The number of esters is 1. The van der Waals surface area contributed by atoms with Gasteiger partial charge in [-0.2, -0.15) is 4.98 Å². The number of carbonyl (C=O) groups excluding carboxylic acids is 2. The van der Waals surface area contributed by atoms with Crippen LogP contribution in [0.3, 0.4) is 0 Å². The number of anilines is 2. The lowest BCUT2D eigenvalue weighted by Crippen LogP contribution is -2.28. The van der Waals surface area contributed by atoms with Gasteiger partial charge in [0.1, 0.15) is 24.0 Å². The average Bonchev–Trinajstić information content (AvgIpc) is 3.56. The van der Waals surface area contributed by atoms with E-state index in [0.717, 1.165) is 40.6 Å². The number of benzene rings is 1. The van der Waals surface area contributed by atoms with Crippen molar-refractivity contribution in [1.82, 2.24) is 25.4 Å². The third kappa shape index (κ3) is 7.79. The third-order valence-electron chi connectivity index (χ3n) is 6.15. The minimum atomic E-state index is -1.47. The second-order valence-corrected chi connectivity index (χ2v) is 10.3. The summed E-state index contributed by atoms with van der Waals surface area (Å²) in [6.07, 6.45) is 1.79. The molecule has 3 heterocycles. The fraction of sp³-hybridized carbons (Fsp3) is 0.407. The Balaban J connectivity index is 1.49. The van der Waals surface area contributed by atoms with Crippen LogP contribution in [0.4, 0.5) is 19.7 Å². The molecule has 3 N–H and O–H groups in total. The van der Waals surface area contributed by atoms with E-state index in [1.807, 2.05) is 31.3 Å². The minimum Gasteiger partial charge on any atom is -0.453 e. The summed E-state index contributed by atoms with van der Waals surface area (Å²) in [4.78, 5) is 38.5. The maximum atomic E-state index is 13.0. The summed E-state index contributed by atoms with van der Waals surface area (Å²) < 4.78 is 35.5. The second kappa shape index (κ2) is 14.0. The fourth-order valence-electron chi connectivity index (χ4n) is 4.13. The van der Waals surface area contributed by atoms with Gasteiger partial charge in [-0.15, -0.1) is 0 Å². The van der Waals surface area contributed by atoms with E-state index in [9.17, 15) is 18.4 Å². The molecule has 0 saturated carbocycles. The zero-order valence-electron chi connectivity index (χ0n) is 22.9. The van der Waals surface area contributed by atoms with Crippen molar-refractivity contribution in [3.63, 3.8) is 0 Å². The molecule has 0 aliphatic carbocycles. The Kier molecular flexibility index (Phi) is 10.2. The topological polar surface area (TPSA) is 144 Å². The first-order chi connectivity index (χ1) is 19.8. The van der Waals surface area contributed by atoms with Crippen molar-refractivity contribution >= 4 is 44.9 Å². The molecule has 218 valence electrons. The number of halogens is 2. The van der Waals surface area contributed by atoms with E-state index in [2.05, 4.69) is 36.1 Å². The lowest BCUT2D eigenvalue weighted by Gasteiger charge is -2.20. The number of amides is 1. The number of hydrogen-bond acceptors (Lipinski definition) is 11. The Hall–Kier alpha value is -4.04. The van der Waals surface area contributed by atoms with Gasteiger partial charge in [-0.05, 0) is 50.9 Å². The van der Waals surface area contributed by atoms with E-state index in [4.69, 9.17) is 9.26 Å². The van der Waals surface area contributed by atoms with Crippen molar-refractivity contribution in [3.05, 3.63) is 46.9 Å². The first-order valence-corrected chi connectivity index (χ1v) is 13.8. The molecule has 0 fully saturated rings. The normalized spacial score (nSPS) is 12.0. The molecule has 0 unspecified atom stereocenters. The Morgan fingerprint density at radius 1 is 1.15 bits per heavy atom. The summed E-state index contributed by atoms with van der Waals surface area (Å²) in [5, 5.41) is 15.2. The molecule has 0 aliphatic heterocycles. The quantitative estimate of drug-likeness (QED) is 0.141. The number of fused-ring (bicyclic) bond motifs is 1. The highest BCUT2D eigenvalue weighted by molar-refractivity contribution is 7.17. The number of nitrogens with zero attached hydrogens (tertiary/aromatic N) is 4. The van der Waals surface area contributed by atoms with Gasteiger partial charge in [0.2, 0.25) is 17.6 Å². The Labute approximate surface area is 239 Å². The number of alkyl halides is 2. The molecular formula is C27H31F2N7O4S. The summed E-state index contributed by atoms with van der Waals surface area (Å²) in [5.41, 5.74) is 1.07. The molecule has 0 radical (unpaired) electrons. The van der Waals surface area contributed by atoms with Gasteiger partial charge in [0.15, 0.2) is 11.2 Å². The van der Waals surface area contributed by atoms with Crippen molar-refractivity contribution < 1.29 is 27.6 Å². The zero-order chi connectivity index (χ0) is 29.4. The van der Waals surface area contributed by atoms with Crippen LogP contribution in [0.5, 0.6) is 0 Å². The Morgan fingerprint density at radius 3 is 2.66 bits per heavy atom. The van der Waals surface area contributed by atoms with Crippen LogP contribution in [-0.4, -0.2) is 71.1 Å². The summed E-state index contributed by atoms with van der Waals surface area (Å²) in [7, 11) is 1.86. The highest BCUT2D eigenvalue weighted by Gasteiger charge is 2.23. The number of aromatic nitrogens is 4. The molecule has 41 heavy (non-hydrogen) atoms. The summed E-state index contributed by atoms with van der Waals surface area (Å²) in [6, 6.07) is 7.39. The van der Waals surface area contributed by atoms with Gasteiger partial charge in [0.25, 0.3) is 0 Å². The molecule has 1 aromatic carbocycles. The average molecular weight is 588 g/mol. The number of thiazole rings is 1. The first-order valence-electron chi connectivity index (χ1n) is 13.0. The number of aryl methyl sites for hydroxylation is 2. The van der Waals surface area contributed by atoms with E-state index in [0.29, 0.717) is 29.6 Å². The van der Waals surface area contributed by atoms with Gasteiger partial charge in [0.05, 0.1) is 5.69 Å². The summed E-state index contributed by atoms with van der Waals surface area (Å²) in [6.45, 7) is 1.78. The zero-order valence-corrected chi connectivity index (χ0v) is 23.7. The van der Waals surface area contributed by atoms with Crippen molar-refractivity contribution in [2.45, 2.75) is 45.3 Å². The van der Waals surface area contributed by atoms with Crippen LogP contribution in [-0.2, 0) is 9.53 Å². The van der Waals surface area contributed by atoms with Crippen LogP contribution in [0.1, 0.15) is 40.5 Å². The minimum absolute atomic E-state index is 0.0726. The number of nitrogens with one attached hydrogen (secondary N) is 3. The van der Waals surface area contributed by atoms with E-state index >= 15 is 0 Å². The summed E-state index contributed by atoms with van der Waals surface area (Å²) >= 11 is 0.890. The molecule has 4 rings (SSSR count). The van der Waals surface area contributed by atoms with Gasteiger partial charge in [0, 0.05) is 36.5 Å². The Bertz CT molecular complexity index is 1490. The molecular weight excluding hydrogens is 556 g/mol. The maximum Gasteiger partial charge on any atom is 0.350 e. The highest BCUT2D eigenvalue weighted by atomic mass is 32.1. The predicted octanol–water partition coefficient (Wildman–Crippen LogP) is 4.63. The molecule has 11 nitrogen and oxygen atoms in total. The largest absolute Gasteiger partial charge is 0.453 e. The van der Waals surface area contributed by atoms with E-state index in [1.165, 1.54) is 0 Å². The van der Waals surface area contributed by atoms with Crippen LogP contribution < -0.4 is 16.0 Å². The van der Waals surface area contributed by atoms with E-state index in [1.54, 1.807) is 20.0 Å². The van der Waals surface area contributed by atoms with E-state index < -0.39 is 25.4 Å². The molecule has 0 aliphatic rings. The number of pyridine rings is 1. The van der Waals surface area contributed by atoms with Gasteiger partial charge in [-0.1, -0.05) is 28.6 Å². The van der Waals surface area contributed by atoms with Gasteiger partial charge < -0.3 is 25.2 Å². The predicted molar refractivity (Wildman–Crippen MR) is 152 cm³/mol. The van der Waals surface area contributed by atoms with Gasteiger partial charge in [-0.25, -0.2) is 23.5 Å². The molecule has 4 aromatic rings. The standard InChI is InChI=1S/C27H31F2N7O4S/c1-15-23(26(38)39-20(13-28)14-29)41-27(32-15)35-22(37)12-19(5-4-9-30-3)34-25-21-11-18(24-33-16(2)40-36-24)7-6-17(21)8-10-31-25/h6-8,10-11,19-20,30H,4-5,9,12-14H2,1-3H3,(H,31,34)(H,32,35,37)/t19-/m0/s1. The van der Waals surface area contributed by atoms with Crippen LogP contribution in [0.2, 0.25) is 0 Å². The molecule has 3 aromatic heterocycles.